The van der Waals surface area contributed by atoms with Crippen LogP contribution in [0.5, 0.6) is 0 Å². The van der Waals surface area contributed by atoms with Gasteiger partial charge in [0.15, 0.2) is 11.6 Å². The lowest BCUT2D eigenvalue weighted by Gasteiger charge is -2.27. The molecule has 94 heavy (non-hydrogen) atoms. The second kappa shape index (κ2) is 21.7. The molecule has 12 aromatic carbocycles. The first-order chi connectivity index (χ1) is 46.3. The van der Waals surface area contributed by atoms with E-state index in [0.717, 1.165) is 155 Å². The summed E-state index contributed by atoms with van der Waals surface area (Å²) in [7, 11) is 0. The molecule has 0 aliphatic carbocycles. The van der Waals surface area contributed by atoms with E-state index in [-0.39, 0.29) is 0 Å². The van der Waals surface area contributed by atoms with Crippen molar-refractivity contribution >= 4 is 121 Å². The predicted octanol–water partition coefficient (Wildman–Crippen LogP) is 22.7. The minimum absolute atomic E-state index is 0.777. The molecular formula is C86H62N8. The fourth-order valence-electron chi connectivity index (χ4n) is 14.9. The van der Waals surface area contributed by atoms with Crippen LogP contribution in [0.2, 0.25) is 0 Å². The molecule has 0 fully saturated rings. The van der Waals surface area contributed by atoms with E-state index in [0.29, 0.717) is 0 Å². The van der Waals surface area contributed by atoms with E-state index in [1.165, 1.54) is 22.3 Å². The van der Waals surface area contributed by atoms with Gasteiger partial charge in [-0.2, -0.15) is 0 Å². The first-order valence-corrected chi connectivity index (χ1v) is 32.2. The monoisotopic (exact) mass is 1210 g/mol. The highest BCUT2D eigenvalue weighted by molar-refractivity contribution is 6.17. The van der Waals surface area contributed by atoms with Gasteiger partial charge in [0, 0.05) is 95.2 Å². The fourth-order valence-corrected chi connectivity index (χ4v) is 14.9. The van der Waals surface area contributed by atoms with E-state index in [4.69, 9.17) is 9.97 Å². The summed E-state index contributed by atoms with van der Waals surface area (Å²) < 4.78 is 9.97. The predicted molar refractivity (Wildman–Crippen MR) is 393 cm³/mol. The second-order valence-electron chi connectivity index (χ2n) is 24.9. The number of anilines is 6. The van der Waals surface area contributed by atoms with Gasteiger partial charge in [0.25, 0.3) is 0 Å². The normalized spacial score (nSPS) is 11.8. The smallest absolute Gasteiger partial charge is 0.165 e. The van der Waals surface area contributed by atoms with Crippen molar-refractivity contribution in [3.8, 4) is 34.1 Å². The molecule has 0 spiro atoms. The van der Waals surface area contributed by atoms with E-state index in [1.54, 1.807) is 0 Å². The van der Waals surface area contributed by atoms with E-state index in [2.05, 4.69) is 347 Å². The van der Waals surface area contributed by atoms with E-state index in [1.807, 2.05) is 12.4 Å². The molecule has 0 saturated carbocycles. The van der Waals surface area contributed by atoms with E-state index < -0.39 is 0 Å². The third kappa shape index (κ3) is 8.60. The van der Waals surface area contributed by atoms with E-state index >= 15 is 0 Å². The van der Waals surface area contributed by atoms with Crippen molar-refractivity contribution in [2.45, 2.75) is 27.7 Å². The van der Waals surface area contributed by atoms with Crippen LogP contribution in [0.25, 0.3) is 121 Å². The molecule has 0 atom stereocenters. The lowest BCUT2D eigenvalue weighted by Crippen LogP contribution is -2.16. The van der Waals surface area contributed by atoms with E-state index in [9.17, 15) is 0 Å². The summed E-state index contributed by atoms with van der Waals surface area (Å²) in [4.78, 5) is 16.1. The van der Waals surface area contributed by atoms with Crippen molar-refractivity contribution < 1.29 is 0 Å². The lowest BCUT2D eigenvalue weighted by atomic mass is 10.0. The number of fused-ring (bicyclic) bond motifs is 12. The van der Waals surface area contributed by atoms with Crippen molar-refractivity contribution in [3.05, 3.63) is 326 Å². The zero-order chi connectivity index (χ0) is 62.7. The standard InChI is InChI=1S/C86H62N8/c1-55-33-39-78-68(49-55)69-50-56(2)34-40-79(69)93(78)85-83(91-74-31-19-17-29-66(74)72-53-64(37-43-76(72)91)89(60-21-9-5-10-22-60)61-23-11-6-12-24-61)82(59-45-47-87-48-46-59)84(86(88-85)94-80-41-35-57(3)51-70(80)71-52-58(4)36-42-81(71)94)92-75-32-20-18-30-67(75)73-54-65(38-44-77(73)92)90(62-25-13-7-14-26-62)63-27-15-8-16-28-63/h5-54H,1-4H3. The zero-order valence-electron chi connectivity index (χ0n) is 52.4. The summed E-state index contributed by atoms with van der Waals surface area (Å²) in [6.07, 6.45) is 3.89. The fraction of sp³-hybridized carbons (Fsp3) is 0.0465. The molecule has 6 aromatic heterocycles. The number of benzene rings is 12. The number of para-hydroxylation sites is 6. The van der Waals surface area contributed by atoms with Crippen LogP contribution in [0.15, 0.2) is 304 Å². The molecule has 0 unspecified atom stereocenters. The summed E-state index contributed by atoms with van der Waals surface area (Å²) >= 11 is 0. The Morgan fingerprint density at radius 1 is 0.245 bits per heavy atom. The molecule has 0 amide bonds. The Morgan fingerprint density at radius 3 is 0.883 bits per heavy atom. The first kappa shape index (κ1) is 54.7. The van der Waals surface area contributed by atoms with Gasteiger partial charge in [0.2, 0.25) is 0 Å². The topological polar surface area (TPSA) is 52.0 Å². The highest BCUT2D eigenvalue weighted by atomic mass is 15.2. The number of aromatic nitrogens is 6. The number of rotatable bonds is 11. The number of aryl methyl sites for hydroxylation is 4. The molecule has 8 heteroatoms. The average Bonchev–Trinajstić information content (AvgIpc) is 1.48. The van der Waals surface area contributed by atoms with Crippen molar-refractivity contribution in [2.24, 2.45) is 0 Å². The average molecular weight is 1210 g/mol. The minimum atomic E-state index is 0.777. The maximum absolute atomic E-state index is 6.58. The van der Waals surface area contributed by atoms with Crippen LogP contribution in [-0.4, -0.2) is 28.2 Å². The van der Waals surface area contributed by atoms with Gasteiger partial charge in [-0.1, -0.05) is 156 Å². The molecule has 0 saturated heterocycles. The van der Waals surface area contributed by atoms with Crippen LogP contribution in [0, 0.1) is 27.7 Å². The van der Waals surface area contributed by atoms with Crippen molar-refractivity contribution in [1.82, 2.24) is 28.2 Å². The summed E-state index contributed by atoms with van der Waals surface area (Å²) in [5.74, 6) is 1.55. The molecule has 0 aliphatic heterocycles. The van der Waals surface area contributed by atoms with Gasteiger partial charge in [0.1, 0.15) is 11.4 Å². The number of hydrogen-bond donors (Lipinski definition) is 0. The van der Waals surface area contributed by atoms with Gasteiger partial charge in [-0.25, -0.2) is 4.98 Å². The quantitative estimate of drug-likeness (QED) is 0.129. The Labute approximate surface area is 543 Å². The van der Waals surface area contributed by atoms with Crippen molar-refractivity contribution in [3.63, 3.8) is 0 Å². The molecule has 0 aliphatic rings. The molecule has 0 radical (unpaired) electrons. The molecule has 8 nitrogen and oxygen atoms in total. The van der Waals surface area contributed by atoms with Gasteiger partial charge < -0.3 is 18.9 Å². The van der Waals surface area contributed by atoms with Gasteiger partial charge in [0.05, 0.1) is 44.1 Å². The highest BCUT2D eigenvalue weighted by Crippen LogP contribution is 2.51. The number of nitrogens with zero attached hydrogens (tertiary/aromatic N) is 8. The van der Waals surface area contributed by atoms with Gasteiger partial charge in [-0.05, 0) is 191 Å². The SMILES string of the molecule is Cc1ccc2c(c1)c1cc(C)ccc1n2-c1nc(-n2c3ccc(C)cc3c3cc(C)ccc32)c(-n2c3ccccc3c3cc(N(c4ccccc4)c4ccccc4)ccc32)c(-c2ccncc2)c1-n1c2ccccc2c2cc(N(c3ccccc3)c3ccccc3)ccc21. The summed E-state index contributed by atoms with van der Waals surface area (Å²) in [6, 6.07) is 107. The largest absolute Gasteiger partial charge is 0.310 e. The maximum atomic E-state index is 6.58. The third-order valence-corrected chi connectivity index (χ3v) is 19.0. The lowest BCUT2D eigenvalue weighted by molar-refractivity contribution is 0.960. The molecule has 0 bridgehead atoms. The van der Waals surface area contributed by atoms with Crippen LogP contribution in [0.3, 0.4) is 0 Å². The zero-order valence-corrected chi connectivity index (χ0v) is 52.4. The maximum Gasteiger partial charge on any atom is 0.165 e. The number of hydrogen-bond acceptors (Lipinski definition) is 4. The van der Waals surface area contributed by atoms with Crippen molar-refractivity contribution in [2.75, 3.05) is 9.80 Å². The Hall–Kier alpha value is -12.3. The molecular weight excluding hydrogens is 1150 g/mol. The summed E-state index contributed by atoms with van der Waals surface area (Å²) in [6.45, 7) is 8.78. The minimum Gasteiger partial charge on any atom is -0.310 e. The Morgan fingerprint density at radius 2 is 0.532 bits per heavy atom. The first-order valence-electron chi connectivity index (χ1n) is 32.2. The summed E-state index contributed by atoms with van der Waals surface area (Å²) in [5.41, 5.74) is 23.3. The highest BCUT2D eigenvalue weighted by Gasteiger charge is 2.33. The van der Waals surface area contributed by atoms with Gasteiger partial charge in [-0.15, -0.1) is 0 Å². The van der Waals surface area contributed by atoms with Crippen LogP contribution in [-0.2, 0) is 0 Å². The Kier molecular flexibility index (Phi) is 12.6. The van der Waals surface area contributed by atoms with Crippen LogP contribution >= 0.6 is 0 Å². The second-order valence-corrected chi connectivity index (χ2v) is 24.9. The summed E-state index contributed by atoms with van der Waals surface area (Å²) in [5, 5.41) is 9.10. The van der Waals surface area contributed by atoms with Crippen LogP contribution in [0.4, 0.5) is 34.1 Å². The molecule has 0 N–H and O–H groups in total. The van der Waals surface area contributed by atoms with Crippen molar-refractivity contribution in [1.29, 1.82) is 0 Å². The molecule has 446 valence electrons. The molecule has 6 heterocycles. The van der Waals surface area contributed by atoms with Crippen LogP contribution < -0.4 is 9.80 Å². The number of pyridine rings is 2. The van der Waals surface area contributed by atoms with Crippen LogP contribution in [0.1, 0.15) is 22.3 Å². The Balaban J connectivity index is 1.06. The molecule has 18 aromatic rings. The van der Waals surface area contributed by atoms with Gasteiger partial charge >= 0.3 is 0 Å². The van der Waals surface area contributed by atoms with Gasteiger partial charge in [-0.3, -0.25) is 14.1 Å². The Bertz CT molecular complexity index is 5480. The third-order valence-electron chi connectivity index (χ3n) is 19.0. The molecule has 18 rings (SSSR count).